The second-order valence-corrected chi connectivity index (χ2v) is 25.5. The first kappa shape index (κ1) is 60.6. The van der Waals surface area contributed by atoms with Gasteiger partial charge in [0, 0.05) is 55.2 Å². The van der Waals surface area contributed by atoms with E-state index in [0.29, 0.717) is 89.6 Å². The molecule has 1 saturated heterocycles. The summed E-state index contributed by atoms with van der Waals surface area (Å²) in [5, 5.41) is 35.1. The molecule has 2 aliphatic heterocycles. The first-order valence-electron chi connectivity index (χ1n) is 26.2. The zero-order valence-corrected chi connectivity index (χ0v) is 50.9. The van der Waals surface area contributed by atoms with Gasteiger partial charge in [0.25, 0.3) is 5.91 Å². The number of ketones is 1. The molecular weight excluding hydrogens is 1260 g/mol. The quantitative estimate of drug-likeness (QED) is 0.0195. The molecule has 0 radical (unpaired) electrons. The lowest BCUT2D eigenvalue weighted by Gasteiger charge is -2.36. The third-order valence-electron chi connectivity index (χ3n) is 15.7. The summed E-state index contributed by atoms with van der Waals surface area (Å²) in [7, 11) is 0. The lowest BCUT2D eigenvalue weighted by atomic mass is 9.86. The van der Waals surface area contributed by atoms with Gasteiger partial charge in [0.1, 0.15) is 22.3 Å². The van der Waals surface area contributed by atoms with Crippen LogP contribution in [-0.4, -0.2) is 99.0 Å². The molecule has 2 amide bonds. The number of amides is 2. The van der Waals surface area contributed by atoms with Gasteiger partial charge >= 0.3 is 11.3 Å². The molecule has 0 saturated carbocycles. The number of benzene rings is 4. The van der Waals surface area contributed by atoms with Gasteiger partial charge in [0.15, 0.2) is 5.78 Å². The van der Waals surface area contributed by atoms with Crippen molar-refractivity contribution < 1.29 is 33.6 Å². The maximum Gasteiger partial charge on any atom is 0.349 e. The number of nitrogens with two attached hydrogens (primary N) is 1. The molecule has 21 heteroatoms. The molecule has 0 bridgehead atoms. The number of hydrogen-bond donors (Lipinski definition) is 6. The van der Waals surface area contributed by atoms with Crippen molar-refractivity contribution in [2.45, 2.75) is 125 Å². The number of carbonyl (C=O) groups excluding carboxylic acids is 3. The summed E-state index contributed by atoms with van der Waals surface area (Å²) in [5.41, 5.74) is 9.62. The average Bonchev–Trinajstić information content (AvgIpc) is 3.28. The van der Waals surface area contributed by atoms with E-state index in [1.165, 1.54) is 17.1 Å². The molecule has 428 valence electrons. The number of nitrogens with one attached hydrogen (secondary N) is 3. The summed E-state index contributed by atoms with van der Waals surface area (Å²) in [6.45, 7) is 22.6. The van der Waals surface area contributed by atoms with E-state index in [1.54, 1.807) is 26.0 Å². The van der Waals surface area contributed by atoms with Gasteiger partial charge in [0.05, 0.1) is 57.7 Å². The molecule has 81 heavy (non-hydrogen) atoms. The van der Waals surface area contributed by atoms with Crippen molar-refractivity contribution >= 4 is 119 Å². The number of fused-ring (bicyclic) bond motifs is 4. The number of Topliss-reactive ketones (excluding diaryl/α,β-unsaturated/α-hetero) is 1. The van der Waals surface area contributed by atoms with Gasteiger partial charge in [-0.3, -0.25) is 14.4 Å². The number of anilines is 2. The van der Waals surface area contributed by atoms with Crippen molar-refractivity contribution in [3.05, 3.63) is 146 Å². The Morgan fingerprint density at radius 1 is 0.716 bits per heavy atom. The molecule has 8 aromatic rings. The minimum Gasteiger partial charge on any atom is -0.422 e. The lowest BCUT2D eigenvalue weighted by Crippen LogP contribution is -2.50. The zero-order valence-electron chi connectivity index (χ0n) is 46.6. The van der Waals surface area contributed by atoms with Crippen LogP contribution in [-0.2, 0) is 17.9 Å². The Morgan fingerprint density at radius 3 is 1.65 bits per heavy atom. The van der Waals surface area contributed by atoms with Crippen LogP contribution in [0.3, 0.4) is 0 Å². The van der Waals surface area contributed by atoms with Crippen LogP contribution in [0.5, 0.6) is 0 Å². The van der Waals surface area contributed by atoms with Gasteiger partial charge < -0.3 is 50.1 Å². The van der Waals surface area contributed by atoms with Crippen LogP contribution in [0.25, 0.3) is 44.0 Å². The smallest absolute Gasteiger partial charge is 0.349 e. The van der Waals surface area contributed by atoms with Crippen molar-refractivity contribution in [2.24, 2.45) is 11.7 Å². The maximum atomic E-state index is 13.1. The van der Waals surface area contributed by atoms with Crippen LogP contribution in [0.4, 0.5) is 11.9 Å². The predicted molar refractivity (Wildman–Crippen MR) is 333 cm³/mol. The van der Waals surface area contributed by atoms with E-state index >= 15 is 0 Å². The number of hydrogen-bond acceptors (Lipinski definition) is 15. The van der Waals surface area contributed by atoms with Crippen LogP contribution in [0, 0.1) is 26.9 Å². The van der Waals surface area contributed by atoms with Gasteiger partial charge in [-0.25, -0.2) is 19.6 Å². The Kier molecular flexibility index (Phi) is 17.0. The fourth-order valence-corrected chi connectivity index (χ4v) is 12.7. The predicted octanol–water partition coefficient (Wildman–Crippen LogP) is 10.5. The van der Waals surface area contributed by atoms with Crippen molar-refractivity contribution in [2.75, 3.05) is 30.3 Å². The Hall–Kier alpha value is -6.51. The summed E-state index contributed by atoms with van der Waals surface area (Å²) in [6.07, 6.45) is 2.63. The number of primary amides is 1. The topological polar surface area (TPSA) is 256 Å². The van der Waals surface area contributed by atoms with Crippen LogP contribution >= 0.6 is 45.2 Å². The summed E-state index contributed by atoms with van der Waals surface area (Å²) in [5.74, 6) is -0.399. The Morgan fingerprint density at radius 2 is 1.21 bits per heavy atom. The highest BCUT2D eigenvalue weighted by Gasteiger charge is 2.54. The third-order valence-corrected chi connectivity index (χ3v) is 17.0. The van der Waals surface area contributed by atoms with E-state index in [1.807, 2.05) is 102 Å². The fraction of sp³-hybridized carbons (Fsp3) is 0.383. The monoisotopic (exact) mass is 1330 g/mol. The molecule has 10 rings (SSSR count). The summed E-state index contributed by atoms with van der Waals surface area (Å²) in [6, 6.07) is 23.6. The SMILES string of the molecule is C.CC(=O)c1c(C)c2cc3nc(NCC4=CC(C)(C)N(O)C4(C)C)n(Cc4cccc(I)c4)c3cc2oc1=O.Cc1c(C(N)=O)c(=O)oc2cc3c(cc12)nc(NCCNC(=O)C1CC(C)(C)N(O)C1(C)C)n3Cc1cccc(I)c1. The molecule has 0 spiro atoms. The largest absolute Gasteiger partial charge is 0.422 e. The summed E-state index contributed by atoms with van der Waals surface area (Å²) in [4.78, 5) is 71.9. The van der Waals surface area contributed by atoms with E-state index in [4.69, 9.17) is 24.5 Å². The minimum atomic E-state index is -0.840. The first-order chi connectivity index (χ1) is 37.5. The van der Waals surface area contributed by atoms with Crippen LogP contribution < -0.4 is 32.9 Å². The van der Waals surface area contributed by atoms with E-state index in [9.17, 15) is 34.4 Å². The van der Waals surface area contributed by atoms with E-state index in [-0.39, 0.29) is 36.2 Å². The van der Waals surface area contributed by atoms with Crippen molar-refractivity contribution in [3.63, 3.8) is 0 Å². The normalized spacial score (nSPS) is 17.2. The zero-order chi connectivity index (χ0) is 58.1. The van der Waals surface area contributed by atoms with Crippen molar-refractivity contribution in [3.8, 4) is 0 Å². The summed E-state index contributed by atoms with van der Waals surface area (Å²) >= 11 is 4.57. The first-order valence-corrected chi connectivity index (χ1v) is 28.4. The van der Waals surface area contributed by atoms with E-state index in [0.717, 1.165) is 40.4 Å². The molecule has 1 unspecified atom stereocenters. The van der Waals surface area contributed by atoms with E-state index in [2.05, 4.69) is 90.0 Å². The number of aryl methyl sites for hydroxylation is 2. The molecule has 0 aliphatic carbocycles. The maximum absolute atomic E-state index is 13.1. The molecule has 2 aliphatic rings. The van der Waals surface area contributed by atoms with Gasteiger partial charge in [-0.2, -0.15) is 10.1 Å². The van der Waals surface area contributed by atoms with Crippen LogP contribution in [0.2, 0.25) is 0 Å². The number of hydroxylamine groups is 4. The van der Waals surface area contributed by atoms with Gasteiger partial charge in [-0.05, 0) is 192 Å². The molecule has 1 fully saturated rings. The number of halogens is 2. The summed E-state index contributed by atoms with van der Waals surface area (Å²) < 4.78 is 17.4. The molecular formula is C60H70I2N10O9. The number of rotatable bonds is 14. The van der Waals surface area contributed by atoms with Crippen LogP contribution in [0.15, 0.2) is 103 Å². The Balaban J connectivity index is 0.000000211. The van der Waals surface area contributed by atoms with Crippen LogP contribution in [0.1, 0.15) is 119 Å². The van der Waals surface area contributed by atoms with Gasteiger partial charge in [-0.1, -0.05) is 37.8 Å². The minimum absolute atomic E-state index is 0. The molecule has 4 aromatic carbocycles. The fourth-order valence-electron chi connectivity index (χ4n) is 11.5. The van der Waals surface area contributed by atoms with Crippen molar-refractivity contribution in [1.29, 1.82) is 0 Å². The highest BCUT2D eigenvalue weighted by Crippen LogP contribution is 2.44. The third kappa shape index (κ3) is 11.7. The van der Waals surface area contributed by atoms with E-state index < -0.39 is 39.3 Å². The average molecular weight is 1330 g/mol. The van der Waals surface area contributed by atoms with Crippen molar-refractivity contribution in [1.82, 2.24) is 34.5 Å². The molecule has 7 N–H and O–H groups in total. The number of nitrogens with zero attached hydrogens (tertiary/aromatic N) is 6. The molecule has 19 nitrogen and oxygen atoms in total. The second kappa shape index (κ2) is 22.7. The van der Waals surface area contributed by atoms with Gasteiger partial charge in [0.2, 0.25) is 17.8 Å². The number of imidazole rings is 2. The molecule has 4 aromatic heterocycles. The molecule has 6 heterocycles. The Bertz CT molecular complexity index is 3980. The number of carbonyl (C=O) groups is 3. The number of aromatic nitrogens is 4. The lowest BCUT2D eigenvalue weighted by molar-refractivity contribution is -0.197. The second-order valence-electron chi connectivity index (χ2n) is 23.0. The van der Waals surface area contributed by atoms with Gasteiger partial charge in [-0.15, -0.1) is 0 Å². The molecule has 1 atom stereocenters. The standard InChI is InChI=1S/C30H35IN6O5.C29H31IN4O4.CH4/c1-16-19-12-21-22(13-23(19)42-27(40)24(16)25(32)38)36(15-17-7-6-8-18(31)11-17)28(35-21)34-10-9-33-26(39)20-14-29(2,3)37(41)30(20,4)5;1-16-21-11-22-23(12-24(21)38-26(36)25(16)17(2)35)33(15-18-8-7-9-20(30)10-18)27(32-22)31-14-19-13-28(3,4)34(37)29(19,5)6;/h6-8,11-13,20,41H,9-10,14-15H2,1-5H3,(H2,32,38)(H,33,39)(H,34,35);7-13,37H,14-15H2,1-6H3,(H,31,32);1H4. The highest BCUT2D eigenvalue weighted by atomic mass is 127. The Labute approximate surface area is 496 Å². The highest BCUT2D eigenvalue weighted by molar-refractivity contribution is 14.1.